The minimum Gasteiger partial charge on any atom is -0.396 e. The number of rotatable bonds is 9. The van der Waals surface area contributed by atoms with Crippen molar-refractivity contribution in [1.82, 2.24) is 5.32 Å². The third kappa shape index (κ3) is 6.74. The summed E-state index contributed by atoms with van der Waals surface area (Å²) in [5.41, 5.74) is 2.77. The summed E-state index contributed by atoms with van der Waals surface area (Å²) in [6, 6.07) is 9.30. The number of hydrogen-bond acceptors (Lipinski definition) is 2. The van der Waals surface area contributed by atoms with Gasteiger partial charge in [0.25, 0.3) is 0 Å². The highest BCUT2D eigenvalue weighted by molar-refractivity contribution is 5.22. The molecule has 0 aliphatic rings. The molecule has 2 nitrogen and oxygen atoms in total. The van der Waals surface area contributed by atoms with Crippen LogP contribution in [-0.4, -0.2) is 24.3 Å². The van der Waals surface area contributed by atoms with Gasteiger partial charge in [-0.3, -0.25) is 0 Å². The van der Waals surface area contributed by atoms with Crippen molar-refractivity contribution >= 4 is 0 Å². The Hall–Kier alpha value is -0.860. The first-order valence-corrected chi connectivity index (χ1v) is 7.55. The van der Waals surface area contributed by atoms with Crippen molar-refractivity contribution in [3.8, 4) is 0 Å². The van der Waals surface area contributed by atoms with E-state index in [2.05, 4.69) is 50.4 Å². The predicted octanol–water partition coefficient (Wildman–Crippen LogP) is 3.31. The van der Waals surface area contributed by atoms with E-state index >= 15 is 0 Å². The van der Waals surface area contributed by atoms with Crippen LogP contribution >= 0.6 is 0 Å². The maximum atomic E-state index is 8.98. The number of nitrogens with one attached hydrogen (secondary N) is 1. The van der Waals surface area contributed by atoms with Crippen molar-refractivity contribution in [3.63, 3.8) is 0 Å². The lowest BCUT2D eigenvalue weighted by atomic mass is 10.0. The van der Waals surface area contributed by atoms with Crippen LogP contribution in [0.4, 0.5) is 0 Å². The molecule has 0 saturated carbocycles. The second-order valence-electron chi connectivity index (χ2n) is 5.62. The molecular formula is C17H29NO. The Balaban J connectivity index is 2.25. The Morgan fingerprint density at radius 3 is 2.68 bits per heavy atom. The van der Waals surface area contributed by atoms with Crippen molar-refractivity contribution in [1.29, 1.82) is 0 Å². The van der Waals surface area contributed by atoms with E-state index in [0.29, 0.717) is 18.6 Å². The first-order valence-electron chi connectivity index (χ1n) is 7.55. The van der Waals surface area contributed by atoms with E-state index in [4.69, 9.17) is 5.11 Å². The summed E-state index contributed by atoms with van der Waals surface area (Å²) in [5, 5.41) is 12.6. The molecule has 2 heteroatoms. The highest BCUT2D eigenvalue weighted by atomic mass is 16.3. The van der Waals surface area contributed by atoms with E-state index in [1.807, 2.05) is 0 Å². The lowest BCUT2D eigenvalue weighted by Gasteiger charge is -2.19. The van der Waals surface area contributed by atoms with Gasteiger partial charge in [-0.1, -0.05) is 43.2 Å². The molecule has 1 aromatic carbocycles. The molecule has 0 radical (unpaired) electrons. The van der Waals surface area contributed by atoms with Gasteiger partial charge in [-0.05, 0) is 51.1 Å². The number of benzene rings is 1. The molecule has 0 aliphatic heterocycles. The normalized spacial score (nSPS) is 14.3. The van der Waals surface area contributed by atoms with Crippen molar-refractivity contribution in [2.75, 3.05) is 13.2 Å². The molecule has 1 rings (SSSR count). The van der Waals surface area contributed by atoms with Crippen LogP contribution < -0.4 is 5.32 Å². The summed E-state index contributed by atoms with van der Waals surface area (Å²) in [6.07, 6.45) is 4.35. The molecule has 2 unspecified atom stereocenters. The monoisotopic (exact) mass is 263 g/mol. The van der Waals surface area contributed by atoms with Crippen LogP contribution in [0.2, 0.25) is 0 Å². The second kappa shape index (κ2) is 9.11. The van der Waals surface area contributed by atoms with E-state index in [9.17, 15) is 0 Å². The zero-order valence-electron chi connectivity index (χ0n) is 12.7. The molecule has 1 aromatic rings. The van der Waals surface area contributed by atoms with Gasteiger partial charge < -0.3 is 10.4 Å². The van der Waals surface area contributed by atoms with Gasteiger partial charge in [0.1, 0.15) is 0 Å². The Kier molecular flexibility index (Phi) is 7.76. The molecule has 2 atom stereocenters. The van der Waals surface area contributed by atoms with Crippen LogP contribution in [0.1, 0.15) is 44.2 Å². The van der Waals surface area contributed by atoms with E-state index in [-0.39, 0.29) is 0 Å². The van der Waals surface area contributed by atoms with Gasteiger partial charge in [0.05, 0.1) is 0 Å². The van der Waals surface area contributed by atoms with Gasteiger partial charge >= 0.3 is 0 Å². The van der Waals surface area contributed by atoms with Gasteiger partial charge in [0.2, 0.25) is 0 Å². The van der Waals surface area contributed by atoms with Crippen LogP contribution in [0.25, 0.3) is 0 Å². The summed E-state index contributed by atoms with van der Waals surface area (Å²) in [6.45, 7) is 7.91. The molecule has 0 fully saturated rings. The highest BCUT2D eigenvalue weighted by Crippen LogP contribution is 2.10. The van der Waals surface area contributed by atoms with Gasteiger partial charge in [0.15, 0.2) is 0 Å². The van der Waals surface area contributed by atoms with Gasteiger partial charge in [-0.2, -0.15) is 0 Å². The van der Waals surface area contributed by atoms with E-state index in [0.717, 1.165) is 25.8 Å². The van der Waals surface area contributed by atoms with Gasteiger partial charge in [-0.15, -0.1) is 0 Å². The number of aryl methyl sites for hydroxylation is 2. The first kappa shape index (κ1) is 16.2. The van der Waals surface area contributed by atoms with E-state index < -0.39 is 0 Å². The van der Waals surface area contributed by atoms with Gasteiger partial charge in [0, 0.05) is 12.6 Å². The number of hydrogen-bond donors (Lipinski definition) is 2. The minimum atomic E-state index is 0.303. The Bertz CT molecular complexity index is 351. The predicted molar refractivity (Wildman–Crippen MR) is 82.4 cm³/mol. The Labute approximate surface area is 118 Å². The number of aliphatic hydroxyl groups is 1. The summed E-state index contributed by atoms with van der Waals surface area (Å²) in [5.74, 6) is 0.603. The summed E-state index contributed by atoms with van der Waals surface area (Å²) >= 11 is 0. The average molecular weight is 263 g/mol. The third-order valence-corrected chi connectivity index (χ3v) is 3.82. The van der Waals surface area contributed by atoms with Crippen molar-refractivity contribution in [2.24, 2.45) is 5.92 Å². The van der Waals surface area contributed by atoms with Crippen LogP contribution in [0.5, 0.6) is 0 Å². The zero-order chi connectivity index (χ0) is 14.1. The van der Waals surface area contributed by atoms with Crippen molar-refractivity contribution in [3.05, 3.63) is 35.4 Å². The molecule has 0 aliphatic carbocycles. The fraction of sp³-hybridized carbons (Fsp3) is 0.647. The number of aliphatic hydroxyl groups excluding tert-OH is 1. The topological polar surface area (TPSA) is 32.3 Å². The molecule has 0 amide bonds. The largest absolute Gasteiger partial charge is 0.396 e. The van der Waals surface area contributed by atoms with E-state index in [1.54, 1.807) is 0 Å². The molecule has 19 heavy (non-hydrogen) atoms. The van der Waals surface area contributed by atoms with Crippen LogP contribution in [0.3, 0.4) is 0 Å². The van der Waals surface area contributed by atoms with Gasteiger partial charge in [-0.25, -0.2) is 0 Å². The quantitative estimate of drug-likeness (QED) is 0.716. The highest BCUT2D eigenvalue weighted by Gasteiger charge is 2.08. The average Bonchev–Trinajstić information content (AvgIpc) is 2.41. The van der Waals surface area contributed by atoms with Crippen LogP contribution in [0.15, 0.2) is 24.3 Å². The zero-order valence-corrected chi connectivity index (χ0v) is 12.7. The lowest BCUT2D eigenvalue weighted by Crippen LogP contribution is -2.31. The molecule has 0 aromatic heterocycles. The summed E-state index contributed by atoms with van der Waals surface area (Å²) < 4.78 is 0. The molecule has 108 valence electrons. The lowest BCUT2D eigenvalue weighted by molar-refractivity contribution is 0.248. The molecule has 0 bridgehead atoms. The first-order chi connectivity index (χ1) is 9.15. The van der Waals surface area contributed by atoms with Crippen molar-refractivity contribution < 1.29 is 5.11 Å². The van der Waals surface area contributed by atoms with Crippen molar-refractivity contribution in [2.45, 2.75) is 52.5 Å². The summed E-state index contributed by atoms with van der Waals surface area (Å²) in [4.78, 5) is 0. The molecule has 2 N–H and O–H groups in total. The maximum Gasteiger partial charge on any atom is 0.0434 e. The van der Waals surface area contributed by atoms with E-state index in [1.165, 1.54) is 17.5 Å². The molecule has 0 saturated heterocycles. The molecule has 0 heterocycles. The van der Waals surface area contributed by atoms with Crippen LogP contribution in [0, 0.1) is 12.8 Å². The molecule has 0 spiro atoms. The minimum absolute atomic E-state index is 0.303. The second-order valence-corrected chi connectivity index (χ2v) is 5.62. The SMILES string of the molecule is CCC(CCO)CNC(C)CCc1cccc(C)c1. The molecular weight excluding hydrogens is 234 g/mol. The Morgan fingerprint density at radius 2 is 2.05 bits per heavy atom. The standard InChI is InChI=1S/C17H29NO/c1-4-16(10-11-19)13-18-15(3)8-9-17-7-5-6-14(2)12-17/h5-7,12,15-16,18-19H,4,8-11,13H2,1-3H3. The van der Waals surface area contributed by atoms with Crippen LogP contribution in [-0.2, 0) is 6.42 Å². The fourth-order valence-electron chi connectivity index (χ4n) is 2.35. The Morgan fingerprint density at radius 1 is 1.26 bits per heavy atom. The summed E-state index contributed by atoms with van der Waals surface area (Å²) in [7, 11) is 0. The maximum absolute atomic E-state index is 8.98. The smallest absolute Gasteiger partial charge is 0.0434 e. The fourth-order valence-corrected chi connectivity index (χ4v) is 2.35. The third-order valence-electron chi connectivity index (χ3n) is 3.82.